The van der Waals surface area contributed by atoms with E-state index < -0.39 is 0 Å². The zero-order valence-corrected chi connectivity index (χ0v) is 16.2. The predicted octanol–water partition coefficient (Wildman–Crippen LogP) is 4.32. The quantitative estimate of drug-likeness (QED) is 0.648. The Labute approximate surface area is 161 Å². The molecule has 0 radical (unpaired) electrons. The van der Waals surface area contributed by atoms with Gasteiger partial charge < -0.3 is 15.4 Å². The van der Waals surface area contributed by atoms with Gasteiger partial charge in [0.25, 0.3) is 5.91 Å². The van der Waals surface area contributed by atoms with Gasteiger partial charge in [0.05, 0.1) is 17.9 Å². The summed E-state index contributed by atoms with van der Waals surface area (Å²) in [6, 6.07) is 14.9. The van der Waals surface area contributed by atoms with E-state index in [0.29, 0.717) is 30.7 Å². The molecule has 0 spiro atoms. The lowest BCUT2D eigenvalue weighted by Gasteiger charge is -2.14. The molecule has 27 heavy (non-hydrogen) atoms. The number of nitrogens with one attached hydrogen (secondary N) is 2. The van der Waals surface area contributed by atoms with Crippen molar-refractivity contribution in [2.75, 3.05) is 11.9 Å². The number of benzene rings is 2. The Morgan fingerprint density at radius 3 is 2.48 bits per heavy atom. The van der Waals surface area contributed by atoms with Crippen molar-refractivity contribution in [3.63, 3.8) is 0 Å². The van der Waals surface area contributed by atoms with Crippen molar-refractivity contribution in [1.82, 2.24) is 5.32 Å². The first kappa shape index (κ1) is 20.5. The highest BCUT2D eigenvalue weighted by Gasteiger charge is 2.14. The zero-order valence-electron chi connectivity index (χ0n) is 16.2. The zero-order chi connectivity index (χ0) is 19.6. The fourth-order valence-corrected chi connectivity index (χ4v) is 2.46. The molecule has 2 N–H and O–H groups in total. The fraction of sp³-hybridized carbons (Fsp3) is 0.364. The molecule has 0 aliphatic rings. The van der Waals surface area contributed by atoms with Gasteiger partial charge in [-0.1, -0.05) is 36.8 Å². The molecule has 2 rings (SSSR count). The molecule has 2 amide bonds. The second-order valence-electron chi connectivity index (χ2n) is 6.64. The van der Waals surface area contributed by atoms with Gasteiger partial charge in [0.1, 0.15) is 5.75 Å². The molecule has 2 aromatic rings. The Bertz CT molecular complexity index is 756. The van der Waals surface area contributed by atoms with E-state index >= 15 is 0 Å². The summed E-state index contributed by atoms with van der Waals surface area (Å²) in [5, 5.41) is 5.76. The molecule has 0 aromatic heterocycles. The van der Waals surface area contributed by atoms with Crippen LogP contribution in [-0.2, 0) is 4.79 Å². The van der Waals surface area contributed by atoms with Crippen LogP contribution in [0.15, 0.2) is 48.5 Å². The van der Waals surface area contributed by atoms with Crippen LogP contribution in [0.25, 0.3) is 0 Å². The molecule has 0 saturated heterocycles. The SMILES string of the molecule is CC[C@@H](C)NC(=O)c1ccccc1NC(=O)CCCOc1ccc(C)cc1. The van der Waals surface area contributed by atoms with Gasteiger partial charge in [-0.3, -0.25) is 9.59 Å². The summed E-state index contributed by atoms with van der Waals surface area (Å²) in [6.07, 6.45) is 1.77. The van der Waals surface area contributed by atoms with Crippen LogP contribution in [0.3, 0.4) is 0 Å². The number of amides is 2. The molecule has 0 aliphatic heterocycles. The first-order valence-electron chi connectivity index (χ1n) is 9.38. The third-order valence-electron chi connectivity index (χ3n) is 4.27. The summed E-state index contributed by atoms with van der Waals surface area (Å²) >= 11 is 0. The van der Waals surface area contributed by atoms with Gasteiger partial charge in [-0.2, -0.15) is 0 Å². The normalized spacial score (nSPS) is 11.5. The van der Waals surface area contributed by atoms with E-state index in [1.54, 1.807) is 24.3 Å². The minimum atomic E-state index is -0.178. The third-order valence-corrected chi connectivity index (χ3v) is 4.27. The topological polar surface area (TPSA) is 67.4 Å². The molecule has 2 aromatic carbocycles. The Balaban J connectivity index is 1.83. The Morgan fingerprint density at radius 2 is 1.78 bits per heavy atom. The molecule has 0 saturated carbocycles. The van der Waals surface area contributed by atoms with Crippen molar-refractivity contribution >= 4 is 17.5 Å². The Hall–Kier alpha value is -2.82. The Morgan fingerprint density at radius 1 is 1.07 bits per heavy atom. The van der Waals surface area contributed by atoms with E-state index in [-0.39, 0.29) is 17.9 Å². The number of rotatable bonds is 9. The average molecular weight is 368 g/mol. The van der Waals surface area contributed by atoms with Gasteiger partial charge >= 0.3 is 0 Å². The monoisotopic (exact) mass is 368 g/mol. The smallest absolute Gasteiger partial charge is 0.253 e. The summed E-state index contributed by atoms with van der Waals surface area (Å²) in [7, 11) is 0. The van der Waals surface area contributed by atoms with Crippen LogP contribution in [0.4, 0.5) is 5.69 Å². The number of anilines is 1. The van der Waals surface area contributed by atoms with Crippen molar-refractivity contribution in [3.8, 4) is 5.75 Å². The lowest BCUT2D eigenvalue weighted by atomic mass is 10.1. The molecular formula is C22H28N2O3. The van der Waals surface area contributed by atoms with Crippen LogP contribution in [0.5, 0.6) is 5.75 Å². The molecule has 1 atom stereocenters. The summed E-state index contributed by atoms with van der Waals surface area (Å²) in [4.78, 5) is 24.6. The van der Waals surface area contributed by atoms with Gasteiger partial charge in [-0.15, -0.1) is 0 Å². The summed E-state index contributed by atoms with van der Waals surface area (Å²) in [6.45, 7) is 6.45. The summed E-state index contributed by atoms with van der Waals surface area (Å²) in [5.41, 5.74) is 2.18. The third kappa shape index (κ3) is 6.77. The second kappa shape index (κ2) is 10.4. The number of ether oxygens (including phenoxy) is 1. The number of hydrogen-bond donors (Lipinski definition) is 2. The van der Waals surface area contributed by atoms with E-state index in [1.165, 1.54) is 5.56 Å². The molecule has 5 nitrogen and oxygen atoms in total. The lowest BCUT2D eigenvalue weighted by Crippen LogP contribution is -2.32. The Kier molecular flexibility index (Phi) is 7.86. The van der Waals surface area contributed by atoms with Gasteiger partial charge in [0.15, 0.2) is 0 Å². The van der Waals surface area contributed by atoms with E-state index in [0.717, 1.165) is 12.2 Å². The van der Waals surface area contributed by atoms with E-state index in [4.69, 9.17) is 4.74 Å². The molecular weight excluding hydrogens is 340 g/mol. The van der Waals surface area contributed by atoms with Crippen molar-refractivity contribution in [2.45, 2.75) is 46.1 Å². The van der Waals surface area contributed by atoms with Gasteiger partial charge in [-0.05, 0) is 51.0 Å². The molecule has 0 fully saturated rings. The van der Waals surface area contributed by atoms with Crippen molar-refractivity contribution in [2.24, 2.45) is 0 Å². The number of aryl methyl sites for hydroxylation is 1. The van der Waals surface area contributed by atoms with Gasteiger partial charge in [0.2, 0.25) is 5.91 Å². The second-order valence-corrected chi connectivity index (χ2v) is 6.64. The maximum atomic E-state index is 12.4. The standard InChI is InChI=1S/C22H28N2O3/c1-4-17(3)23-22(26)19-8-5-6-9-20(19)24-21(25)10-7-15-27-18-13-11-16(2)12-14-18/h5-6,8-9,11-14,17H,4,7,10,15H2,1-3H3,(H,23,26)(H,24,25)/t17-/m1/s1. The summed E-state index contributed by atoms with van der Waals surface area (Å²) in [5.74, 6) is 0.488. The maximum absolute atomic E-state index is 12.4. The highest BCUT2D eigenvalue weighted by atomic mass is 16.5. The highest BCUT2D eigenvalue weighted by Crippen LogP contribution is 2.16. The fourth-order valence-electron chi connectivity index (χ4n) is 2.46. The largest absolute Gasteiger partial charge is 0.494 e. The predicted molar refractivity (Wildman–Crippen MR) is 108 cm³/mol. The first-order chi connectivity index (χ1) is 13.0. The molecule has 5 heteroatoms. The van der Waals surface area contributed by atoms with Crippen molar-refractivity contribution in [3.05, 3.63) is 59.7 Å². The number of hydrogen-bond acceptors (Lipinski definition) is 3. The minimum absolute atomic E-state index is 0.0835. The van der Waals surface area contributed by atoms with E-state index in [1.807, 2.05) is 45.0 Å². The van der Waals surface area contributed by atoms with E-state index in [2.05, 4.69) is 10.6 Å². The first-order valence-corrected chi connectivity index (χ1v) is 9.38. The van der Waals surface area contributed by atoms with Crippen LogP contribution >= 0.6 is 0 Å². The molecule has 0 bridgehead atoms. The van der Waals surface area contributed by atoms with Crippen LogP contribution in [-0.4, -0.2) is 24.5 Å². The van der Waals surface area contributed by atoms with Gasteiger partial charge in [0, 0.05) is 12.5 Å². The molecule has 0 unspecified atom stereocenters. The summed E-state index contributed by atoms with van der Waals surface area (Å²) < 4.78 is 5.64. The number of carbonyl (C=O) groups is 2. The molecule has 0 aliphatic carbocycles. The van der Waals surface area contributed by atoms with Gasteiger partial charge in [-0.25, -0.2) is 0 Å². The minimum Gasteiger partial charge on any atom is -0.494 e. The highest BCUT2D eigenvalue weighted by molar-refractivity contribution is 6.03. The van der Waals surface area contributed by atoms with Crippen LogP contribution in [0.2, 0.25) is 0 Å². The van der Waals surface area contributed by atoms with Crippen LogP contribution in [0.1, 0.15) is 49.0 Å². The lowest BCUT2D eigenvalue weighted by molar-refractivity contribution is -0.116. The number of para-hydroxylation sites is 1. The van der Waals surface area contributed by atoms with Crippen molar-refractivity contribution < 1.29 is 14.3 Å². The molecule has 144 valence electrons. The van der Waals surface area contributed by atoms with Crippen LogP contribution in [0, 0.1) is 6.92 Å². The van der Waals surface area contributed by atoms with E-state index in [9.17, 15) is 9.59 Å². The molecule has 0 heterocycles. The van der Waals surface area contributed by atoms with Crippen LogP contribution < -0.4 is 15.4 Å². The maximum Gasteiger partial charge on any atom is 0.253 e. The number of carbonyl (C=O) groups excluding carboxylic acids is 2. The van der Waals surface area contributed by atoms with Crippen molar-refractivity contribution in [1.29, 1.82) is 0 Å². The average Bonchev–Trinajstić information content (AvgIpc) is 2.67.